The Bertz CT molecular complexity index is 679. The Labute approximate surface area is 139 Å². The predicted molar refractivity (Wildman–Crippen MR) is 86.6 cm³/mol. The number of halogens is 2. The molecule has 1 aromatic carbocycles. The summed E-state index contributed by atoms with van der Waals surface area (Å²) < 4.78 is 0. The number of hydrogen-bond acceptors (Lipinski definition) is 3. The highest BCUT2D eigenvalue weighted by molar-refractivity contribution is 6.41. The van der Waals surface area contributed by atoms with Gasteiger partial charge in [0.05, 0.1) is 10.6 Å². The average Bonchev–Trinajstić information content (AvgIpc) is 3.06. The van der Waals surface area contributed by atoms with Gasteiger partial charge in [-0.25, -0.2) is 0 Å². The number of benzene rings is 1. The van der Waals surface area contributed by atoms with Gasteiger partial charge in [-0.15, -0.1) is 0 Å². The second-order valence-electron chi connectivity index (χ2n) is 5.40. The highest BCUT2D eigenvalue weighted by atomic mass is 35.5. The molecule has 0 spiro atoms. The number of hydrogen-bond donors (Lipinski definition) is 0. The van der Waals surface area contributed by atoms with Crippen LogP contribution < -0.4 is 0 Å². The number of carbonyl (C=O) groups excluding carboxylic acids is 2. The number of nitrogens with zero attached hydrogens (tertiary/aromatic N) is 2. The summed E-state index contributed by atoms with van der Waals surface area (Å²) >= 11 is 12.2. The first-order chi connectivity index (χ1) is 10.5. The molecule has 0 bridgehead atoms. The van der Waals surface area contributed by atoms with Gasteiger partial charge in [-0.2, -0.15) is 0 Å². The summed E-state index contributed by atoms with van der Waals surface area (Å²) in [7, 11) is 0. The Morgan fingerprint density at radius 1 is 1.09 bits per heavy atom. The first kappa shape index (κ1) is 15.4. The van der Waals surface area contributed by atoms with E-state index in [2.05, 4.69) is 0 Å². The summed E-state index contributed by atoms with van der Waals surface area (Å²) in [5.41, 5.74) is 1.45. The van der Waals surface area contributed by atoms with Crippen molar-refractivity contribution >= 4 is 40.6 Å². The van der Waals surface area contributed by atoms with Gasteiger partial charge >= 0.3 is 0 Å². The molecule has 0 unspecified atom stereocenters. The lowest BCUT2D eigenvalue weighted by Crippen LogP contribution is -2.34. The van der Waals surface area contributed by atoms with E-state index in [1.54, 1.807) is 25.1 Å². The number of imide groups is 1. The highest BCUT2D eigenvalue weighted by Gasteiger charge is 2.41. The summed E-state index contributed by atoms with van der Waals surface area (Å²) in [6.07, 6.45) is 2.05. The van der Waals surface area contributed by atoms with Crippen LogP contribution in [0.1, 0.15) is 25.3 Å². The van der Waals surface area contributed by atoms with E-state index >= 15 is 0 Å². The molecule has 2 amide bonds. The molecular formula is C16H16Cl2N2O2. The van der Waals surface area contributed by atoms with Crippen LogP contribution in [0.15, 0.2) is 23.9 Å². The minimum atomic E-state index is -0.279. The smallest absolute Gasteiger partial charge is 0.277 e. The van der Waals surface area contributed by atoms with Crippen LogP contribution in [-0.2, 0) is 9.59 Å². The van der Waals surface area contributed by atoms with E-state index in [-0.39, 0.29) is 11.8 Å². The molecule has 2 aliphatic rings. The molecule has 4 nitrogen and oxygen atoms in total. The molecule has 1 saturated heterocycles. The fourth-order valence-electron chi connectivity index (χ4n) is 3.02. The second kappa shape index (κ2) is 5.94. The van der Waals surface area contributed by atoms with Gasteiger partial charge in [0.2, 0.25) is 0 Å². The molecule has 2 heterocycles. The predicted octanol–water partition coefficient (Wildman–Crippen LogP) is 3.19. The minimum absolute atomic E-state index is 0.226. The molecule has 6 heteroatoms. The third-order valence-electron chi connectivity index (χ3n) is 4.08. The minimum Gasteiger partial charge on any atom is -0.366 e. The average molecular weight is 339 g/mol. The largest absolute Gasteiger partial charge is 0.366 e. The summed E-state index contributed by atoms with van der Waals surface area (Å²) in [6.45, 7) is 3.73. The second-order valence-corrected chi connectivity index (χ2v) is 6.24. The molecular weight excluding hydrogens is 323 g/mol. The summed E-state index contributed by atoms with van der Waals surface area (Å²) in [6, 6.07) is 4.99. The molecule has 22 heavy (non-hydrogen) atoms. The first-order valence-electron chi connectivity index (χ1n) is 7.35. The van der Waals surface area contributed by atoms with E-state index < -0.39 is 0 Å². The van der Waals surface area contributed by atoms with Crippen molar-refractivity contribution in [3.05, 3.63) is 39.5 Å². The Kier molecular flexibility index (Phi) is 4.15. The van der Waals surface area contributed by atoms with Crippen molar-refractivity contribution in [3.63, 3.8) is 0 Å². The summed E-state index contributed by atoms with van der Waals surface area (Å²) in [5, 5.41) is 0.888. The van der Waals surface area contributed by atoms with Crippen LogP contribution >= 0.6 is 23.2 Å². The van der Waals surface area contributed by atoms with Gasteiger partial charge in [0, 0.05) is 30.2 Å². The molecule has 1 fully saturated rings. The standard InChI is InChI=1S/C16H16Cl2N2O2/c1-2-20-15(21)13(11-6-5-10(17)9-12(11)18)14(16(20)22)19-7-3-4-8-19/h5-6,9H,2-4,7-8H2,1H3. The van der Waals surface area contributed by atoms with Gasteiger partial charge in [-0.3, -0.25) is 14.5 Å². The Hall–Kier alpha value is -1.52. The van der Waals surface area contributed by atoms with Crippen molar-refractivity contribution < 1.29 is 9.59 Å². The quantitative estimate of drug-likeness (QED) is 0.794. The zero-order chi connectivity index (χ0) is 15.9. The molecule has 0 aromatic heterocycles. The molecule has 0 radical (unpaired) electrons. The molecule has 0 aliphatic carbocycles. The van der Waals surface area contributed by atoms with Crippen molar-refractivity contribution in [2.75, 3.05) is 19.6 Å². The Morgan fingerprint density at radius 2 is 1.77 bits per heavy atom. The number of amides is 2. The van der Waals surface area contributed by atoms with Crippen LogP contribution in [0.2, 0.25) is 10.0 Å². The topological polar surface area (TPSA) is 40.6 Å². The van der Waals surface area contributed by atoms with Crippen LogP contribution in [0.5, 0.6) is 0 Å². The van der Waals surface area contributed by atoms with Gasteiger partial charge in [-0.05, 0) is 31.9 Å². The van der Waals surface area contributed by atoms with Crippen molar-refractivity contribution in [1.82, 2.24) is 9.80 Å². The van der Waals surface area contributed by atoms with Crippen molar-refractivity contribution in [1.29, 1.82) is 0 Å². The lowest BCUT2D eigenvalue weighted by Gasteiger charge is -2.19. The van der Waals surface area contributed by atoms with E-state index in [1.165, 1.54) is 4.90 Å². The van der Waals surface area contributed by atoms with Gasteiger partial charge in [0.15, 0.2) is 0 Å². The molecule has 0 saturated carbocycles. The van der Waals surface area contributed by atoms with Gasteiger partial charge < -0.3 is 4.90 Å². The number of likely N-dealkylation sites (N-methyl/N-ethyl adjacent to an activating group) is 1. The fraction of sp³-hybridized carbons (Fsp3) is 0.375. The summed E-state index contributed by atoms with van der Waals surface area (Å²) in [4.78, 5) is 28.6. The maximum atomic E-state index is 12.7. The molecule has 2 aliphatic heterocycles. The number of rotatable bonds is 3. The third-order valence-corrected chi connectivity index (χ3v) is 4.63. The van der Waals surface area contributed by atoms with E-state index in [0.717, 1.165) is 25.9 Å². The van der Waals surface area contributed by atoms with Crippen molar-refractivity contribution in [2.45, 2.75) is 19.8 Å². The lowest BCUT2D eigenvalue weighted by molar-refractivity contribution is -0.137. The van der Waals surface area contributed by atoms with E-state index in [0.29, 0.717) is 33.4 Å². The number of likely N-dealkylation sites (tertiary alicyclic amines) is 1. The van der Waals surface area contributed by atoms with Crippen molar-refractivity contribution in [2.24, 2.45) is 0 Å². The van der Waals surface area contributed by atoms with Gasteiger partial charge in [-0.1, -0.05) is 29.3 Å². The molecule has 0 atom stereocenters. The zero-order valence-corrected chi connectivity index (χ0v) is 13.7. The van der Waals surface area contributed by atoms with Crippen LogP contribution in [-0.4, -0.2) is 41.2 Å². The van der Waals surface area contributed by atoms with Crippen LogP contribution in [0.3, 0.4) is 0 Å². The maximum absolute atomic E-state index is 12.7. The van der Waals surface area contributed by atoms with E-state index in [4.69, 9.17) is 23.2 Å². The normalized spacial score (nSPS) is 18.9. The summed E-state index contributed by atoms with van der Waals surface area (Å²) in [5.74, 6) is -0.506. The van der Waals surface area contributed by atoms with Crippen molar-refractivity contribution in [3.8, 4) is 0 Å². The first-order valence-corrected chi connectivity index (χ1v) is 8.11. The molecule has 116 valence electrons. The van der Waals surface area contributed by atoms with E-state index in [1.807, 2.05) is 4.90 Å². The van der Waals surface area contributed by atoms with E-state index in [9.17, 15) is 9.59 Å². The highest BCUT2D eigenvalue weighted by Crippen LogP contribution is 2.37. The third kappa shape index (κ3) is 2.40. The van der Waals surface area contributed by atoms with Crippen LogP contribution in [0.25, 0.3) is 5.57 Å². The van der Waals surface area contributed by atoms with Crippen LogP contribution in [0, 0.1) is 0 Å². The molecule has 1 aromatic rings. The fourth-order valence-corrected chi connectivity index (χ4v) is 3.52. The molecule has 3 rings (SSSR count). The Balaban J connectivity index is 2.17. The van der Waals surface area contributed by atoms with Gasteiger partial charge in [0.1, 0.15) is 5.70 Å². The maximum Gasteiger partial charge on any atom is 0.277 e. The Morgan fingerprint density at radius 3 is 2.36 bits per heavy atom. The van der Waals surface area contributed by atoms with Crippen LogP contribution in [0.4, 0.5) is 0 Å². The van der Waals surface area contributed by atoms with Gasteiger partial charge in [0.25, 0.3) is 11.8 Å². The lowest BCUT2D eigenvalue weighted by atomic mass is 10.0. The SMILES string of the molecule is CCN1C(=O)C(c2ccc(Cl)cc2Cl)=C(N2CCCC2)C1=O. The monoisotopic (exact) mass is 338 g/mol. The molecule has 0 N–H and O–H groups in total. The zero-order valence-electron chi connectivity index (χ0n) is 12.2. The number of carbonyl (C=O) groups is 2.